The zero-order valence-corrected chi connectivity index (χ0v) is 20.0. The summed E-state index contributed by atoms with van der Waals surface area (Å²) in [6.45, 7) is 0. The Morgan fingerprint density at radius 1 is 1.03 bits per heavy atom. The zero-order valence-electron chi connectivity index (χ0n) is 17.6. The Kier molecular flexibility index (Phi) is 5.90. The van der Waals surface area contributed by atoms with Gasteiger partial charge in [-0.05, 0) is 52.7 Å². The van der Waals surface area contributed by atoms with E-state index in [1.54, 1.807) is 13.3 Å². The summed E-state index contributed by atoms with van der Waals surface area (Å²) in [6, 6.07) is 26.9. The van der Waals surface area contributed by atoms with E-state index in [0.29, 0.717) is 10.7 Å². The summed E-state index contributed by atoms with van der Waals surface area (Å²) in [5.41, 5.74) is 2.22. The number of benzene rings is 4. The fourth-order valence-corrected chi connectivity index (χ4v) is 4.71. The molecule has 0 fully saturated rings. The molecule has 0 unspecified atom stereocenters. The van der Waals surface area contributed by atoms with Crippen molar-refractivity contribution in [2.24, 2.45) is 5.10 Å². The van der Waals surface area contributed by atoms with Crippen molar-refractivity contribution in [2.45, 2.75) is 0 Å². The van der Waals surface area contributed by atoms with Crippen LogP contribution in [-0.2, 0) is 0 Å². The molecule has 1 amide bonds. The zero-order chi connectivity index (χ0) is 22.8. The Bertz CT molecular complexity index is 1490. The lowest BCUT2D eigenvalue weighted by Gasteiger charge is -2.15. The van der Waals surface area contributed by atoms with Crippen molar-refractivity contribution in [3.05, 3.63) is 101 Å². The maximum Gasteiger partial charge on any atom is 0.281 e. The first kappa shape index (κ1) is 21.3. The smallest absolute Gasteiger partial charge is 0.281 e. The molecule has 0 saturated heterocycles. The number of hydrogen-bond donors (Lipinski definition) is 0. The quantitative estimate of drug-likeness (QED) is 0.189. The van der Waals surface area contributed by atoms with Crippen LogP contribution in [0.15, 0.2) is 94.5 Å². The maximum absolute atomic E-state index is 13.8. The second-order valence-corrected chi connectivity index (χ2v) is 9.19. The Labute approximate surface area is 203 Å². The topological polar surface area (TPSA) is 54.8 Å². The van der Waals surface area contributed by atoms with Crippen molar-refractivity contribution < 1.29 is 9.53 Å². The minimum atomic E-state index is -0.244. The summed E-state index contributed by atoms with van der Waals surface area (Å²) in [4.78, 5) is 18.5. The van der Waals surface area contributed by atoms with Crippen LogP contribution in [0, 0.1) is 0 Å². The van der Waals surface area contributed by atoms with Gasteiger partial charge in [0, 0.05) is 10.0 Å². The number of anilines is 1. The Morgan fingerprint density at radius 2 is 1.82 bits per heavy atom. The molecule has 0 saturated carbocycles. The van der Waals surface area contributed by atoms with Gasteiger partial charge in [-0.1, -0.05) is 75.8 Å². The molecule has 5 aromatic rings. The van der Waals surface area contributed by atoms with Gasteiger partial charge in [-0.15, -0.1) is 0 Å². The summed E-state index contributed by atoms with van der Waals surface area (Å²) < 4.78 is 7.23. The standard InChI is InChI=1S/C26H18BrN3O2S/c1-32-20-13-14-23-24(15-20)33-26(29-23)30(28-16-17-9-11-19(27)12-10-17)25(31)22-8-4-6-18-5-2-3-7-21(18)22/h2-16H,1H3/b28-16+. The highest BCUT2D eigenvalue weighted by atomic mass is 79.9. The lowest BCUT2D eigenvalue weighted by Crippen LogP contribution is -2.25. The monoisotopic (exact) mass is 515 g/mol. The molecule has 7 heteroatoms. The molecule has 5 nitrogen and oxygen atoms in total. The molecule has 0 aliphatic heterocycles. The van der Waals surface area contributed by atoms with Gasteiger partial charge < -0.3 is 4.74 Å². The van der Waals surface area contributed by atoms with Gasteiger partial charge in [0.15, 0.2) is 0 Å². The van der Waals surface area contributed by atoms with Crippen LogP contribution in [-0.4, -0.2) is 24.2 Å². The largest absolute Gasteiger partial charge is 0.497 e. The molecular formula is C26H18BrN3O2S. The molecule has 0 radical (unpaired) electrons. The normalized spacial score (nSPS) is 11.3. The SMILES string of the molecule is COc1ccc2nc(N(/N=C/c3ccc(Br)cc3)C(=O)c3cccc4ccccc34)sc2c1. The van der Waals surface area contributed by atoms with Crippen LogP contribution in [0.1, 0.15) is 15.9 Å². The fraction of sp³-hybridized carbons (Fsp3) is 0.0385. The van der Waals surface area contributed by atoms with Crippen molar-refractivity contribution in [1.29, 1.82) is 0 Å². The number of nitrogens with zero attached hydrogens (tertiary/aromatic N) is 3. The molecular weight excluding hydrogens is 498 g/mol. The van der Waals surface area contributed by atoms with E-state index >= 15 is 0 Å². The average Bonchev–Trinajstić information content (AvgIpc) is 3.27. The van der Waals surface area contributed by atoms with E-state index < -0.39 is 0 Å². The van der Waals surface area contributed by atoms with Crippen LogP contribution < -0.4 is 9.75 Å². The van der Waals surface area contributed by atoms with Gasteiger partial charge in [0.1, 0.15) is 5.75 Å². The Balaban J connectivity index is 1.61. The van der Waals surface area contributed by atoms with Gasteiger partial charge in [0.2, 0.25) is 5.13 Å². The number of amides is 1. The predicted octanol–water partition coefficient (Wildman–Crippen LogP) is 6.90. The highest BCUT2D eigenvalue weighted by Gasteiger charge is 2.22. The number of carbonyl (C=O) groups excluding carboxylic acids is 1. The second-order valence-electron chi connectivity index (χ2n) is 7.27. The van der Waals surface area contributed by atoms with E-state index in [1.807, 2.05) is 84.9 Å². The summed E-state index contributed by atoms with van der Waals surface area (Å²) in [7, 11) is 1.63. The number of aromatic nitrogens is 1. The molecule has 1 aromatic heterocycles. The van der Waals surface area contributed by atoms with Gasteiger partial charge in [-0.2, -0.15) is 10.1 Å². The van der Waals surface area contributed by atoms with E-state index in [1.165, 1.54) is 16.3 Å². The van der Waals surface area contributed by atoms with Gasteiger partial charge in [-0.3, -0.25) is 4.79 Å². The van der Waals surface area contributed by atoms with Crippen molar-refractivity contribution in [3.8, 4) is 5.75 Å². The number of ether oxygens (including phenoxy) is 1. The van der Waals surface area contributed by atoms with Gasteiger partial charge in [0.25, 0.3) is 5.91 Å². The first-order valence-corrected chi connectivity index (χ1v) is 11.8. The minimum Gasteiger partial charge on any atom is -0.497 e. The number of thiazole rings is 1. The molecule has 0 bridgehead atoms. The summed E-state index contributed by atoms with van der Waals surface area (Å²) >= 11 is 4.84. The molecule has 33 heavy (non-hydrogen) atoms. The van der Waals surface area contributed by atoms with E-state index in [-0.39, 0.29) is 5.91 Å². The Morgan fingerprint density at radius 3 is 2.64 bits per heavy atom. The maximum atomic E-state index is 13.8. The third-order valence-corrected chi connectivity index (χ3v) is 6.69. The fourth-order valence-electron chi connectivity index (χ4n) is 3.50. The molecule has 0 N–H and O–H groups in total. The first-order chi connectivity index (χ1) is 16.1. The summed E-state index contributed by atoms with van der Waals surface area (Å²) in [6.07, 6.45) is 1.67. The number of rotatable bonds is 5. The molecule has 5 rings (SSSR count). The van der Waals surface area contributed by atoms with E-state index in [0.717, 1.165) is 36.8 Å². The lowest BCUT2D eigenvalue weighted by molar-refractivity contribution is 0.0989. The molecule has 162 valence electrons. The third-order valence-electron chi connectivity index (χ3n) is 5.17. The van der Waals surface area contributed by atoms with Crippen LogP contribution in [0.25, 0.3) is 21.0 Å². The summed E-state index contributed by atoms with van der Waals surface area (Å²) in [5.74, 6) is 0.495. The molecule has 4 aromatic carbocycles. The number of fused-ring (bicyclic) bond motifs is 2. The molecule has 0 aliphatic carbocycles. The van der Waals surface area contributed by atoms with Crippen molar-refractivity contribution in [2.75, 3.05) is 12.1 Å². The van der Waals surface area contributed by atoms with E-state index in [4.69, 9.17) is 4.74 Å². The Hall–Kier alpha value is -3.55. The number of carbonyl (C=O) groups is 1. The first-order valence-electron chi connectivity index (χ1n) is 10.2. The number of methoxy groups -OCH3 is 1. The highest BCUT2D eigenvalue weighted by molar-refractivity contribution is 9.10. The average molecular weight is 516 g/mol. The van der Waals surface area contributed by atoms with Crippen LogP contribution in [0.5, 0.6) is 5.75 Å². The highest BCUT2D eigenvalue weighted by Crippen LogP contribution is 2.33. The number of halogens is 1. The third kappa shape index (κ3) is 4.37. The summed E-state index contributed by atoms with van der Waals surface area (Å²) in [5, 5.41) is 8.31. The van der Waals surface area contributed by atoms with Gasteiger partial charge in [-0.25, -0.2) is 4.98 Å². The van der Waals surface area contributed by atoms with Crippen molar-refractivity contribution >= 4 is 65.5 Å². The van der Waals surface area contributed by atoms with Crippen molar-refractivity contribution in [1.82, 2.24) is 4.98 Å². The van der Waals surface area contributed by atoms with Crippen LogP contribution in [0.2, 0.25) is 0 Å². The van der Waals surface area contributed by atoms with E-state index in [9.17, 15) is 4.79 Å². The number of hydrogen-bond acceptors (Lipinski definition) is 5. The molecule has 0 aliphatic rings. The van der Waals surface area contributed by atoms with Crippen LogP contribution in [0.3, 0.4) is 0 Å². The molecule has 0 spiro atoms. The second kappa shape index (κ2) is 9.13. The van der Waals surface area contributed by atoms with Gasteiger partial charge in [0.05, 0.1) is 23.5 Å². The molecule has 1 heterocycles. The van der Waals surface area contributed by atoms with Crippen LogP contribution >= 0.6 is 27.3 Å². The van der Waals surface area contributed by atoms with Crippen LogP contribution in [0.4, 0.5) is 5.13 Å². The number of hydrazone groups is 1. The lowest BCUT2D eigenvalue weighted by atomic mass is 10.0. The van der Waals surface area contributed by atoms with E-state index in [2.05, 4.69) is 26.0 Å². The molecule has 0 atom stereocenters. The predicted molar refractivity (Wildman–Crippen MR) is 139 cm³/mol. The van der Waals surface area contributed by atoms with Gasteiger partial charge >= 0.3 is 0 Å². The minimum absolute atomic E-state index is 0.244. The van der Waals surface area contributed by atoms with Crippen molar-refractivity contribution in [3.63, 3.8) is 0 Å².